The maximum atomic E-state index is 13.5. The first-order chi connectivity index (χ1) is 14.6. The van der Waals surface area contributed by atoms with Crippen LogP contribution < -0.4 is 0 Å². The van der Waals surface area contributed by atoms with E-state index in [-0.39, 0.29) is 29.5 Å². The Morgan fingerprint density at radius 2 is 1.80 bits per heavy atom. The van der Waals surface area contributed by atoms with E-state index in [1.165, 1.54) is 0 Å². The van der Waals surface area contributed by atoms with Gasteiger partial charge in [0.25, 0.3) is 5.91 Å². The van der Waals surface area contributed by atoms with Crippen LogP contribution in [-0.4, -0.2) is 29.2 Å². The van der Waals surface area contributed by atoms with Gasteiger partial charge in [0.05, 0.1) is 17.5 Å². The molecule has 0 radical (unpaired) electrons. The van der Waals surface area contributed by atoms with Gasteiger partial charge in [-0.1, -0.05) is 60.5 Å². The first kappa shape index (κ1) is 19.4. The summed E-state index contributed by atoms with van der Waals surface area (Å²) in [6.45, 7) is 0.513. The largest absolute Gasteiger partial charge is 0.483 e. The molecule has 2 heterocycles. The lowest BCUT2D eigenvalue weighted by molar-refractivity contribution is -0.135. The number of fused-ring (bicyclic) bond motifs is 1. The quantitative estimate of drug-likeness (QED) is 0.706. The number of nitrogens with zero attached hydrogens (tertiary/aromatic N) is 1. The Morgan fingerprint density at radius 3 is 2.60 bits per heavy atom. The van der Waals surface area contributed by atoms with E-state index in [4.69, 9.17) is 16.3 Å². The summed E-state index contributed by atoms with van der Waals surface area (Å²) in [6.07, 6.45) is 4.30. The minimum absolute atomic E-state index is 0.0847. The molecular weight excluding hydrogens is 398 g/mol. The minimum atomic E-state index is -0.440. The molecule has 0 spiro atoms. The zero-order chi connectivity index (χ0) is 20.7. The van der Waals surface area contributed by atoms with E-state index in [1.807, 2.05) is 42.5 Å². The van der Waals surface area contributed by atoms with Crippen molar-refractivity contribution >= 4 is 23.3 Å². The molecule has 3 atom stereocenters. The standard InChI is InChI=1S/C25H24ClNO3/c26-18-10-6-9-17(15-18)22-21-23(28)19-11-4-5-12-20(19)30-24(21)25(29)27(22)14-13-16-7-2-1-3-8-16/h1-3,6-10,15,19-20,22H,4-5,11-14H2. The van der Waals surface area contributed by atoms with Crippen LogP contribution in [-0.2, 0) is 20.7 Å². The normalized spacial score (nSPS) is 25.8. The number of benzene rings is 2. The fraction of sp³-hybridized carbons (Fsp3) is 0.360. The number of rotatable bonds is 4. The maximum absolute atomic E-state index is 13.5. The van der Waals surface area contributed by atoms with Crippen LogP contribution in [0.25, 0.3) is 0 Å². The number of hydrogen-bond acceptors (Lipinski definition) is 3. The van der Waals surface area contributed by atoms with Crippen LogP contribution in [0.1, 0.15) is 42.9 Å². The predicted octanol–water partition coefficient (Wildman–Crippen LogP) is 4.88. The Morgan fingerprint density at radius 1 is 1.00 bits per heavy atom. The van der Waals surface area contributed by atoms with Crippen LogP contribution in [0, 0.1) is 5.92 Å². The van der Waals surface area contributed by atoms with Gasteiger partial charge in [-0.25, -0.2) is 0 Å². The molecule has 2 aliphatic heterocycles. The van der Waals surface area contributed by atoms with Crippen molar-refractivity contribution in [2.45, 2.75) is 44.2 Å². The summed E-state index contributed by atoms with van der Waals surface area (Å²) in [5, 5.41) is 0.594. The first-order valence-corrected chi connectivity index (χ1v) is 11.1. The number of carbonyl (C=O) groups excluding carboxylic acids is 2. The highest BCUT2D eigenvalue weighted by atomic mass is 35.5. The molecule has 2 aromatic rings. The van der Waals surface area contributed by atoms with Gasteiger partial charge in [-0.05, 0) is 48.9 Å². The van der Waals surface area contributed by atoms with E-state index >= 15 is 0 Å². The first-order valence-electron chi connectivity index (χ1n) is 10.7. The van der Waals surface area contributed by atoms with Crippen LogP contribution in [0.5, 0.6) is 0 Å². The fourth-order valence-electron chi connectivity index (χ4n) is 5.04. The Labute approximate surface area is 181 Å². The summed E-state index contributed by atoms with van der Waals surface area (Å²) in [6, 6.07) is 17.1. The Hall–Kier alpha value is -2.59. The second-order valence-electron chi connectivity index (χ2n) is 8.35. The van der Waals surface area contributed by atoms with Gasteiger partial charge in [0.1, 0.15) is 6.10 Å². The van der Waals surface area contributed by atoms with E-state index in [2.05, 4.69) is 12.1 Å². The smallest absolute Gasteiger partial charge is 0.290 e. The Bertz CT molecular complexity index is 1020. The van der Waals surface area contributed by atoms with Crippen molar-refractivity contribution in [1.82, 2.24) is 4.90 Å². The fourth-order valence-corrected chi connectivity index (χ4v) is 5.24. The third kappa shape index (κ3) is 3.33. The molecule has 3 unspecified atom stereocenters. The van der Waals surface area contributed by atoms with Crippen LogP contribution in [0.15, 0.2) is 65.9 Å². The van der Waals surface area contributed by atoms with Crippen molar-refractivity contribution in [1.29, 1.82) is 0 Å². The van der Waals surface area contributed by atoms with E-state index < -0.39 is 6.04 Å². The molecule has 154 valence electrons. The van der Waals surface area contributed by atoms with E-state index in [1.54, 1.807) is 4.90 Å². The molecule has 0 N–H and O–H groups in total. The second-order valence-corrected chi connectivity index (χ2v) is 8.78. The molecule has 4 nitrogen and oxygen atoms in total. The molecule has 0 bridgehead atoms. The summed E-state index contributed by atoms with van der Waals surface area (Å²) in [7, 11) is 0. The van der Waals surface area contributed by atoms with E-state index in [0.717, 1.165) is 36.8 Å². The predicted molar refractivity (Wildman–Crippen MR) is 115 cm³/mol. The summed E-state index contributed by atoms with van der Waals surface area (Å²) < 4.78 is 6.20. The summed E-state index contributed by atoms with van der Waals surface area (Å²) in [4.78, 5) is 28.7. The highest BCUT2D eigenvalue weighted by Crippen LogP contribution is 2.46. The third-order valence-electron chi connectivity index (χ3n) is 6.51. The third-order valence-corrected chi connectivity index (χ3v) is 6.74. The molecule has 1 aliphatic carbocycles. The SMILES string of the molecule is O=C1C2=C(OC3CCCCC13)C(=O)N(CCc1ccccc1)C2c1cccc(Cl)c1. The molecule has 1 amide bonds. The van der Waals surface area contributed by atoms with Crippen LogP contribution in [0.4, 0.5) is 0 Å². The zero-order valence-electron chi connectivity index (χ0n) is 16.7. The molecule has 0 aromatic heterocycles. The van der Waals surface area contributed by atoms with Crippen molar-refractivity contribution in [2.75, 3.05) is 6.54 Å². The van der Waals surface area contributed by atoms with Gasteiger partial charge in [-0.2, -0.15) is 0 Å². The van der Waals surface area contributed by atoms with Crippen molar-refractivity contribution in [3.8, 4) is 0 Å². The van der Waals surface area contributed by atoms with Gasteiger partial charge in [-0.15, -0.1) is 0 Å². The van der Waals surface area contributed by atoms with Crippen LogP contribution in [0.3, 0.4) is 0 Å². The molecule has 2 aromatic carbocycles. The lowest BCUT2D eigenvalue weighted by Crippen LogP contribution is -2.39. The molecule has 0 saturated heterocycles. The van der Waals surface area contributed by atoms with Crippen LogP contribution in [0.2, 0.25) is 5.02 Å². The van der Waals surface area contributed by atoms with E-state index in [0.29, 0.717) is 23.6 Å². The molecule has 30 heavy (non-hydrogen) atoms. The monoisotopic (exact) mass is 421 g/mol. The van der Waals surface area contributed by atoms with Crippen LogP contribution >= 0.6 is 11.6 Å². The lowest BCUT2D eigenvalue weighted by atomic mass is 9.77. The topological polar surface area (TPSA) is 46.6 Å². The molecular formula is C25H24ClNO3. The van der Waals surface area contributed by atoms with Gasteiger partial charge in [0.15, 0.2) is 11.5 Å². The number of amides is 1. The average molecular weight is 422 g/mol. The number of halogens is 1. The molecule has 5 heteroatoms. The van der Waals surface area contributed by atoms with Gasteiger partial charge < -0.3 is 9.64 Å². The zero-order valence-corrected chi connectivity index (χ0v) is 17.5. The summed E-state index contributed by atoms with van der Waals surface area (Å²) in [5.41, 5.74) is 2.54. The number of hydrogen-bond donors (Lipinski definition) is 0. The van der Waals surface area contributed by atoms with Gasteiger partial charge in [0.2, 0.25) is 0 Å². The van der Waals surface area contributed by atoms with Crippen molar-refractivity contribution in [3.63, 3.8) is 0 Å². The van der Waals surface area contributed by atoms with Gasteiger partial charge in [0, 0.05) is 11.6 Å². The summed E-state index contributed by atoms with van der Waals surface area (Å²) >= 11 is 6.27. The molecule has 3 aliphatic rings. The number of ketones is 1. The van der Waals surface area contributed by atoms with Crippen molar-refractivity contribution in [2.24, 2.45) is 5.92 Å². The second kappa shape index (κ2) is 7.92. The van der Waals surface area contributed by atoms with Gasteiger partial charge >= 0.3 is 0 Å². The van der Waals surface area contributed by atoms with Crippen molar-refractivity contribution < 1.29 is 14.3 Å². The molecule has 5 rings (SSSR count). The highest BCUT2D eigenvalue weighted by molar-refractivity contribution is 6.30. The maximum Gasteiger partial charge on any atom is 0.290 e. The lowest BCUT2D eigenvalue weighted by Gasteiger charge is -2.35. The van der Waals surface area contributed by atoms with Gasteiger partial charge in [-0.3, -0.25) is 9.59 Å². The average Bonchev–Trinajstić information content (AvgIpc) is 3.05. The Balaban J connectivity index is 1.53. The molecule has 1 fully saturated rings. The van der Waals surface area contributed by atoms with Crippen molar-refractivity contribution in [3.05, 3.63) is 82.1 Å². The number of ether oxygens (including phenoxy) is 1. The highest BCUT2D eigenvalue weighted by Gasteiger charge is 2.51. The minimum Gasteiger partial charge on any atom is -0.483 e. The Kier molecular flexibility index (Phi) is 5.11. The number of carbonyl (C=O) groups is 2. The summed E-state index contributed by atoms with van der Waals surface area (Å²) in [5.74, 6) is 0.0343. The molecule has 1 saturated carbocycles. The van der Waals surface area contributed by atoms with E-state index in [9.17, 15) is 9.59 Å². The number of Topliss-reactive ketones (excluding diaryl/α,β-unsaturated/α-hetero) is 1.